The van der Waals surface area contributed by atoms with Crippen LogP contribution in [0.15, 0.2) is 53.4 Å². The van der Waals surface area contributed by atoms with Gasteiger partial charge in [-0.2, -0.15) is 0 Å². The van der Waals surface area contributed by atoms with Crippen LogP contribution in [0.25, 0.3) is 0 Å². The van der Waals surface area contributed by atoms with Crippen LogP contribution >= 0.6 is 11.8 Å². The summed E-state index contributed by atoms with van der Waals surface area (Å²) in [6.45, 7) is 6.61. The predicted octanol–water partition coefficient (Wildman–Crippen LogP) is 5.17. The Hall–Kier alpha value is -1.25. The number of aryl methyl sites for hydroxylation is 1. The molecule has 0 saturated heterocycles. The molecule has 1 atom stereocenters. The van der Waals surface area contributed by atoms with E-state index >= 15 is 0 Å². The summed E-state index contributed by atoms with van der Waals surface area (Å²) in [5.41, 5.74) is 4.09. The maximum absolute atomic E-state index is 3.43. The molecule has 2 aromatic carbocycles. The Morgan fingerprint density at radius 2 is 1.67 bits per heavy atom. The molecular formula is C19H25NS. The minimum Gasteiger partial charge on any atom is -0.312 e. The Morgan fingerprint density at radius 1 is 1.00 bits per heavy atom. The Kier molecular flexibility index (Phi) is 5.89. The molecule has 0 aliphatic rings. The number of thioether (sulfide) groups is 1. The number of hydrogen-bond acceptors (Lipinski definition) is 2. The van der Waals surface area contributed by atoms with Crippen molar-refractivity contribution in [2.45, 2.75) is 37.6 Å². The van der Waals surface area contributed by atoms with E-state index < -0.39 is 0 Å². The molecule has 21 heavy (non-hydrogen) atoms. The third-order valence-corrected chi connectivity index (χ3v) is 4.85. The Bertz CT molecular complexity index is 560. The summed E-state index contributed by atoms with van der Waals surface area (Å²) < 4.78 is 0. The molecule has 0 fully saturated rings. The van der Waals surface area contributed by atoms with Gasteiger partial charge in [-0.1, -0.05) is 55.8 Å². The summed E-state index contributed by atoms with van der Waals surface area (Å²) in [5, 5.41) is 3.43. The largest absolute Gasteiger partial charge is 0.312 e. The molecule has 0 aliphatic heterocycles. The van der Waals surface area contributed by atoms with Crippen LogP contribution in [-0.2, 0) is 0 Å². The Labute approximate surface area is 133 Å². The van der Waals surface area contributed by atoms with Crippen molar-refractivity contribution in [1.82, 2.24) is 5.32 Å². The van der Waals surface area contributed by atoms with Crippen LogP contribution in [-0.4, -0.2) is 12.8 Å². The zero-order valence-corrected chi connectivity index (χ0v) is 14.2. The summed E-state index contributed by atoms with van der Waals surface area (Å²) in [6, 6.07) is 18.1. The smallest absolute Gasteiger partial charge is 0.0412 e. The third kappa shape index (κ3) is 4.62. The van der Waals surface area contributed by atoms with Gasteiger partial charge in [0.25, 0.3) is 0 Å². The van der Waals surface area contributed by atoms with Gasteiger partial charge in [-0.25, -0.2) is 0 Å². The van der Waals surface area contributed by atoms with Crippen molar-refractivity contribution in [3.05, 3.63) is 65.2 Å². The molecule has 2 heteroatoms. The number of hydrogen-bond donors (Lipinski definition) is 1. The minimum atomic E-state index is 0.386. The molecule has 1 unspecified atom stereocenters. The molecule has 0 saturated carbocycles. The van der Waals surface area contributed by atoms with E-state index in [2.05, 4.69) is 74.6 Å². The van der Waals surface area contributed by atoms with Gasteiger partial charge in [-0.05, 0) is 43.1 Å². The first-order valence-electron chi connectivity index (χ1n) is 7.56. The Balaban J connectivity index is 2.02. The molecule has 0 radical (unpaired) electrons. The Morgan fingerprint density at radius 3 is 2.24 bits per heavy atom. The van der Waals surface area contributed by atoms with Gasteiger partial charge in [0, 0.05) is 16.7 Å². The van der Waals surface area contributed by atoms with Crippen molar-refractivity contribution in [3.63, 3.8) is 0 Å². The minimum absolute atomic E-state index is 0.386. The second kappa shape index (κ2) is 7.67. The van der Waals surface area contributed by atoms with Crippen LogP contribution < -0.4 is 5.32 Å². The SMILES string of the molecule is CNC(CSc1cccc(C)c1)c1ccc(C(C)C)cc1. The first-order chi connectivity index (χ1) is 10.1. The van der Waals surface area contributed by atoms with Crippen LogP contribution in [0.5, 0.6) is 0 Å². The summed E-state index contributed by atoms with van der Waals surface area (Å²) >= 11 is 1.91. The lowest BCUT2D eigenvalue weighted by molar-refractivity contribution is 0.661. The van der Waals surface area contributed by atoms with Gasteiger partial charge in [-0.3, -0.25) is 0 Å². The van der Waals surface area contributed by atoms with Crippen LogP contribution in [0.4, 0.5) is 0 Å². The van der Waals surface area contributed by atoms with Crippen LogP contribution in [0.3, 0.4) is 0 Å². The molecular weight excluding hydrogens is 274 g/mol. The summed E-state index contributed by atoms with van der Waals surface area (Å²) in [5.74, 6) is 1.63. The van der Waals surface area contributed by atoms with E-state index in [0.29, 0.717) is 12.0 Å². The number of benzene rings is 2. The fraction of sp³-hybridized carbons (Fsp3) is 0.368. The predicted molar refractivity (Wildman–Crippen MR) is 94.2 cm³/mol. The monoisotopic (exact) mass is 299 g/mol. The molecule has 112 valence electrons. The summed E-state index contributed by atoms with van der Waals surface area (Å²) in [6.07, 6.45) is 0. The number of nitrogens with one attached hydrogen (secondary N) is 1. The molecule has 1 N–H and O–H groups in total. The molecule has 2 aromatic rings. The normalized spacial score (nSPS) is 12.6. The van der Waals surface area contributed by atoms with Gasteiger partial charge in [-0.15, -0.1) is 11.8 Å². The first-order valence-corrected chi connectivity index (χ1v) is 8.55. The van der Waals surface area contributed by atoms with Crippen molar-refractivity contribution in [1.29, 1.82) is 0 Å². The maximum Gasteiger partial charge on any atom is 0.0412 e. The van der Waals surface area contributed by atoms with Crippen molar-refractivity contribution in [3.8, 4) is 0 Å². The quantitative estimate of drug-likeness (QED) is 0.738. The highest BCUT2D eigenvalue weighted by molar-refractivity contribution is 7.99. The molecule has 2 rings (SSSR count). The summed E-state index contributed by atoms with van der Waals surface area (Å²) in [4.78, 5) is 1.34. The fourth-order valence-corrected chi connectivity index (χ4v) is 3.51. The van der Waals surface area contributed by atoms with E-state index in [-0.39, 0.29) is 0 Å². The van der Waals surface area contributed by atoms with Gasteiger partial charge in [0.2, 0.25) is 0 Å². The molecule has 0 amide bonds. The fourth-order valence-electron chi connectivity index (χ4n) is 2.34. The van der Waals surface area contributed by atoms with Gasteiger partial charge in [0.05, 0.1) is 0 Å². The molecule has 0 aromatic heterocycles. The average Bonchev–Trinajstić information content (AvgIpc) is 2.48. The lowest BCUT2D eigenvalue weighted by Gasteiger charge is -2.17. The average molecular weight is 299 g/mol. The standard InChI is InChI=1S/C19H25NS/c1-14(2)16-8-10-17(11-9-16)19(20-4)13-21-18-7-5-6-15(3)12-18/h5-12,14,19-20H,13H2,1-4H3. The van der Waals surface area contributed by atoms with E-state index in [9.17, 15) is 0 Å². The first kappa shape index (κ1) is 16.1. The van der Waals surface area contributed by atoms with Crippen molar-refractivity contribution in [2.24, 2.45) is 0 Å². The molecule has 0 aliphatic carbocycles. The maximum atomic E-state index is 3.43. The van der Waals surface area contributed by atoms with Crippen molar-refractivity contribution >= 4 is 11.8 Å². The molecule has 0 bridgehead atoms. The lowest BCUT2D eigenvalue weighted by atomic mass is 10.00. The van der Waals surface area contributed by atoms with Gasteiger partial charge >= 0.3 is 0 Å². The van der Waals surface area contributed by atoms with Crippen LogP contribution in [0, 0.1) is 6.92 Å². The van der Waals surface area contributed by atoms with E-state index in [4.69, 9.17) is 0 Å². The van der Waals surface area contributed by atoms with E-state index in [1.165, 1.54) is 21.6 Å². The van der Waals surface area contributed by atoms with Gasteiger partial charge in [0.15, 0.2) is 0 Å². The zero-order valence-electron chi connectivity index (χ0n) is 13.4. The highest BCUT2D eigenvalue weighted by Crippen LogP contribution is 2.26. The highest BCUT2D eigenvalue weighted by Gasteiger charge is 2.10. The molecule has 0 spiro atoms. The second-order valence-corrected chi connectivity index (χ2v) is 6.88. The van der Waals surface area contributed by atoms with Gasteiger partial charge < -0.3 is 5.32 Å². The van der Waals surface area contributed by atoms with E-state index in [1.54, 1.807) is 0 Å². The highest BCUT2D eigenvalue weighted by atomic mass is 32.2. The van der Waals surface area contributed by atoms with E-state index in [0.717, 1.165) is 5.75 Å². The third-order valence-electron chi connectivity index (χ3n) is 3.76. The van der Waals surface area contributed by atoms with Crippen molar-refractivity contribution in [2.75, 3.05) is 12.8 Å². The van der Waals surface area contributed by atoms with Crippen LogP contribution in [0.1, 0.15) is 42.5 Å². The van der Waals surface area contributed by atoms with E-state index in [1.807, 2.05) is 18.8 Å². The topological polar surface area (TPSA) is 12.0 Å². The second-order valence-electron chi connectivity index (χ2n) is 5.79. The lowest BCUT2D eigenvalue weighted by Crippen LogP contribution is -2.18. The molecule has 1 nitrogen and oxygen atoms in total. The van der Waals surface area contributed by atoms with Crippen molar-refractivity contribution < 1.29 is 0 Å². The van der Waals surface area contributed by atoms with Crippen LogP contribution in [0.2, 0.25) is 0 Å². The summed E-state index contributed by atoms with van der Waals surface area (Å²) in [7, 11) is 2.04. The number of rotatable bonds is 6. The molecule has 0 heterocycles. The zero-order chi connectivity index (χ0) is 15.2. The van der Waals surface area contributed by atoms with Gasteiger partial charge in [0.1, 0.15) is 0 Å².